The molecule has 0 spiro atoms. The largest absolute Gasteiger partial charge is 0.493 e. The maximum atomic E-state index is 11.5. The number of rotatable bonds is 9. The van der Waals surface area contributed by atoms with E-state index in [9.17, 15) is 4.79 Å². The summed E-state index contributed by atoms with van der Waals surface area (Å²) >= 11 is 4.85. The molecule has 0 fully saturated rings. The van der Waals surface area contributed by atoms with E-state index in [1.807, 2.05) is 30.3 Å². The summed E-state index contributed by atoms with van der Waals surface area (Å²) in [6.45, 7) is 1.83. The predicted octanol–water partition coefficient (Wildman–Crippen LogP) is 3.98. The van der Waals surface area contributed by atoms with Crippen LogP contribution in [0.15, 0.2) is 57.1 Å². The SMILES string of the molecule is CCOC(=O)COc1cc(Br)c(C=NN=C(N)SCc2ccccc2)cc1OC. The zero-order valence-electron chi connectivity index (χ0n) is 16.1. The van der Waals surface area contributed by atoms with Gasteiger partial charge in [-0.25, -0.2) is 4.79 Å². The van der Waals surface area contributed by atoms with Crippen LogP contribution in [-0.2, 0) is 15.3 Å². The van der Waals surface area contributed by atoms with Crippen molar-refractivity contribution in [2.45, 2.75) is 12.7 Å². The van der Waals surface area contributed by atoms with Crippen molar-refractivity contribution in [2.24, 2.45) is 15.9 Å². The predicted molar refractivity (Wildman–Crippen MR) is 120 cm³/mol. The monoisotopic (exact) mass is 479 g/mol. The number of nitrogens with two attached hydrogens (primary N) is 1. The Balaban J connectivity index is 2.01. The van der Waals surface area contributed by atoms with Crippen molar-refractivity contribution in [3.8, 4) is 11.5 Å². The molecular formula is C20H22BrN3O4S. The number of amidine groups is 1. The number of hydrogen-bond donors (Lipinski definition) is 1. The molecule has 7 nitrogen and oxygen atoms in total. The standard InChI is InChI=1S/C20H22BrN3O4S/c1-3-27-19(25)12-28-18-10-16(21)15(9-17(18)26-2)11-23-24-20(22)29-13-14-7-5-4-6-8-14/h4-11H,3,12-13H2,1-2H3,(H2,22,24). The minimum atomic E-state index is -0.450. The molecular weight excluding hydrogens is 458 g/mol. The van der Waals surface area contributed by atoms with Gasteiger partial charge in [-0.15, -0.1) is 5.10 Å². The van der Waals surface area contributed by atoms with Gasteiger partial charge in [0.05, 0.1) is 19.9 Å². The Labute approximate surface area is 182 Å². The topological polar surface area (TPSA) is 95.5 Å². The Morgan fingerprint density at radius 2 is 2.00 bits per heavy atom. The van der Waals surface area contributed by atoms with Crippen LogP contribution in [0.4, 0.5) is 0 Å². The minimum absolute atomic E-state index is 0.205. The van der Waals surface area contributed by atoms with E-state index in [2.05, 4.69) is 26.1 Å². The average Bonchev–Trinajstić information content (AvgIpc) is 2.73. The molecule has 2 N–H and O–H groups in total. The number of carbonyl (C=O) groups excluding carboxylic acids is 1. The molecule has 2 aromatic rings. The number of methoxy groups -OCH3 is 1. The van der Waals surface area contributed by atoms with Crippen LogP contribution in [0.1, 0.15) is 18.1 Å². The minimum Gasteiger partial charge on any atom is -0.493 e. The zero-order valence-corrected chi connectivity index (χ0v) is 18.5. The van der Waals surface area contributed by atoms with Crippen LogP contribution >= 0.6 is 27.7 Å². The van der Waals surface area contributed by atoms with Gasteiger partial charge in [0.1, 0.15) is 0 Å². The number of ether oxygens (including phenoxy) is 3. The lowest BCUT2D eigenvalue weighted by atomic mass is 10.2. The van der Waals surface area contributed by atoms with Crippen LogP contribution in [0.5, 0.6) is 11.5 Å². The molecule has 0 amide bonds. The second-order valence-corrected chi connectivity index (χ2v) is 7.43. The highest BCUT2D eigenvalue weighted by Gasteiger charge is 2.12. The van der Waals surface area contributed by atoms with Crippen molar-refractivity contribution < 1.29 is 19.0 Å². The third-order valence-corrected chi connectivity index (χ3v) is 5.06. The number of carbonyl (C=O) groups is 1. The molecule has 0 saturated carbocycles. The maximum absolute atomic E-state index is 11.5. The lowest BCUT2D eigenvalue weighted by Crippen LogP contribution is -2.15. The highest BCUT2D eigenvalue weighted by Crippen LogP contribution is 2.33. The number of thioether (sulfide) groups is 1. The quantitative estimate of drug-likeness (QED) is 0.253. The van der Waals surface area contributed by atoms with E-state index >= 15 is 0 Å². The molecule has 0 aromatic heterocycles. The number of halogens is 1. The summed E-state index contributed by atoms with van der Waals surface area (Å²) in [5.74, 6) is 1.13. The van der Waals surface area contributed by atoms with E-state index in [0.29, 0.717) is 27.7 Å². The second-order valence-electron chi connectivity index (χ2n) is 5.58. The fourth-order valence-corrected chi connectivity index (χ4v) is 3.21. The van der Waals surface area contributed by atoms with Crippen LogP contribution in [0, 0.1) is 0 Å². The number of nitrogens with zero attached hydrogens (tertiary/aromatic N) is 2. The Morgan fingerprint density at radius 3 is 2.69 bits per heavy atom. The number of hydrogen-bond acceptors (Lipinski definition) is 7. The van der Waals surface area contributed by atoms with Crippen LogP contribution in [0.25, 0.3) is 0 Å². The molecule has 0 aliphatic rings. The first-order chi connectivity index (χ1) is 14.0. The summed E-state index contributed by atoms with van der Waals surface area (Å²) in [5.41, 5.74) is 7.77. The molecule has 0 unspecified atom stereocenters. The molecule has 0 atom stereocenters. The molecule has 0 heterocycles. The molecule has 0 aliphatic heterocycles. The summed E-state index contributed by atoms with van der Waals surface area (Å²) in [5, 5.41) is 8.40. The van der Waals surface area contributed by atoms with Crippen molar-refractivity contribution in [3.63, 3.8) is 0 Å². The molecule has 29 heavy (non-hydrogen) atoms. The van der Waals surface area contributed by atoms with Gasteiger partial charge in [0.25, 0.3) is 0 Å². The maximum Gasteiger partial charge on any atom is 0.344 e. The smallest absolute Gasteiger partial charge is 0.344 e. The van der Waals surface area contributed by atoms with Gasteiger partial charge < -0.3 is 19.9 Å². The normalized spacial score (nSPS) is 11.5. The first kappa shape index (κ1) is 22.8. The average molecular weight is 480 g/mol. The van der Waals surface area contributed by atoms with E-state index in [1.54, 1.807) is 25.3 Å². The van der Waals surface area contributed by atoms with E-state index in [0.717, 1.165) is 16.9 Å². The van der Waals surface area contributed by atoms with E-state index in [4.69, 9.17) is 19.9 Å². The highest BCUT2D eigenvalue weighted by atomic mass is 79.9. The van der Waals surface area contributed by atoms with Crippen molar-refractivity contribution in [2.75, 3.05) is 20.3 Å². The summed E-state index contributed by atoms with van der Waals surface area (Å²) in [6.07, 6.45) is 1.55. The van der Waals surface area contributed by atoms with Crippen LogP contribution in [0.3, 0.4) is 0 Å². The van der Waals surface area contributed by atoms with Crippen LogP contribution in [0.2, 0.25) is 0 Å². The van der Waals surface area contributed by atoms with E-state index in [1.165, 1.54) is 18.9 Å². The van der Waals surface area contributed by atoms with Gasteiger partial charge in [0.15, 0.2) is 23.3 Å². The van der Waals surface area contributed by atoms with Gasteiger partial charge in [0.2, 0.25) is 0 Å². The summed E-state index contributed by atoms with van der Waals surface area (Å²) in [4.78, 5) is 11.5. The Bertz CT molecular complexity index is 876. The van der Waals surface area contributed by atoms with Gasteiger partial charge in [-0.1, -0.05) is 42.1 Å². The van der Waals surface area contributed by atoms with Crippen LogP contribution < -0.4 is 15.2 Å². The van der Waals surface area contributed by atoms with Gasteiger partial charge in [-0.2, -0.15) is 5.10 Å². The second kappa shape index (κ2) is 12.1. The Kier molecular flexibility index (Phi) is 9.52. The molecule has 0 bridgehead atoms. The van der Waals surface area contributed by atoms with Gasteiger partial charge in [0, 0.05) is 15.8 Å². The lowest BCUT2D eigenvalue weighted by Gasteiger charge is -2.12. The number of esters is 1. The Hall–Kier alpha value is -2.52. The van der Waals surface area contributed by atoms with Crippen molar-refractivity contribution in [3.05, 3.63) is 58.1 Å². The molecule has 154 valence electrons. The molecule has 0 radical (unpaired) electrons. The van der Waals surface area contributed by atoms with E-state index < -0.39 is 5.97 Å². The first-order valence-corrected chi connectivity index (χ1v) is 10.5. The zero-order chi connectivity index (χ0) is 21.1. The summed E-state index contributed by atoms with van der Waals surface area (Å²) in [6, 6.07) is 13.4. The molecule has 2 rings (SSSR count). The highest BCUT2D eigenvalue weighted by molar-refractivity contribution is 9.10. The molecule has 0 saturated heterocycles. The summed E-state index contributed by atoms with van der Waals surface area (Å²) in [7, 11) is 1.51. The van der Waals surface area contributed by atoms with Crippen molar-refractivity contribution >= 4 is 45.0 Å². The summed E-state index contributed by atoms with van der Waals surface area (Å²) < 4.78 is 16.3. The van der Waals surface area contributed by atoms with E-state index in [-0.39, 0.29) is 6.61 Å². The molecule has 2 aromatic carbocycles. The van der Waals surface area contributed by atoms with Gasteiger partial charge in [-0.3, -0.25) is 0 Å². The fraction of sp³-hybridized carbons (Fsp3) is 0.250. The fourth-order valence-electron chi connectivity index (χ4n) is 2.17. The Morgan fingerprint density at radius 1 is 1.24 bits per heavy atom. The molecule has 9 heteroatoms. The number of benzene rings is 2. The van der Waals surface area contributed by atoms with Gasteiger partial charge >= 0.3 is 5.97 Å². The van der Waals surface area contributed by atoms with Gasteiger partial charge in [-0.05, 0) is 40.5 Å². The van der Waals surface area contributed by atoms with Crippen molar-refractivity contribution in [1.82, 2.24) is 0 Å². The third-order valence-electron chi connectivity index (χ3n) is 3.52. The first-order valence-electron chi connectivity index (χ1n) is 8.72. The van der Waals surface area contributed by atoms with Crippen molar-refractivity contribution in [1.29, 1.82) is 0 Å². The lowest BCUT2D eigenvalue weighted by molar-refractivity contribution is -0.145. The third kappa shape index (κ3) is 7.78. The van der Waals surface area contributed by atoms with Crippen LogP contribution in [-0.4, -0.2) is 37.7 Å². The molecule has 0 aliphatic carbocycles.